The summed E-state index contributed by atoms with van der Waals surface area (Å²) in [4.78, 5) is 17.8. The zero-order valence-corrected chi connectivity index (χ0v) is 19.1. The lowest BCUT2D eigenvalue weighted by molar-refractivity contribution is -0.0350. The molecule has 1 saturated heterocycles. The topological polar surface area (TPSA) is 63.6 Å². The summed E-state index contributed by atoms with van der Waals surface area (Å²) in [5, 5.41) is 0. The number of rotatable bonds is 8. The van der Waals surface area contributed by atoms with E-state index in [4.69, 9.17) is 14.5 Å². The number of nitrogens with zero attached hydrogens (tertiary/aromatic N) is 5. The van der Waals surface area contributed by atoms with Crippen LogP contribution in [-0.2, 0) is 17.7 Å². The van der Waals surface area contributed by atoms with Crippen molar-refractivity contribution in [1.82, 2.24) is 19.9 Å². The van der Waals surface area contributed by atoms with Crippen LogP contribution in [0.25, 0.3) is 0 Å². The standard InChI is InChI=1S/C25H31N5O2/c1-4-31-23-8-6-5-7-21(23)13-19-9-10-22(26-14-19)24-18-30(11-12-32-24)17-20-15-27-25(28-16-20)29(2)3/h5-10,14-16,24H,4,11-13,17-18H2,1-3H3/t24-/m1/s1. The van der Waals surface area contributed by atoms with Gasteiger partial charge in [-0.3, -0.25) is 9.88 Å². The Morgan fingerprint density at radius 3 is 2.53 bits per heavy atom. The number of pyridine rings is 1. The molecule has 0 N–H and O–H groups in total. The number of ether oxygens (including phenoxy) is 2. The first kappa shape index (κ1) is 22.2. The average Bonchev–Trinajstić information content (AvgIpc) is 2.82. The molecule has 1 atom stereocenters. The molecule has 0 spiro atoms. The van der Waals surface area contributed by atoms with Gasteiger partial charge in [-0.25, -0.2) is 9.97 Å². The lowest BCUT2D eigenvalue weighted by atomic mass is 10.0. The lowest BCUT2D eigenvalue weighted by Crippen LogP contribution is -2.38. The van der Waals surface area contributed by atoms with E-state index in [0.29, 0.717) is 13.2 Å². The molecule has 168 valence electrons. The van der Waals surface area contributed by atoms with Crippen molar-refractivity contribution in [3.63, 3.8) is 0 Å². The predicted octanol–water partition coefficient (Wildman–Crippen LogP) is 3.50. The molecule has 0 saturated carbocycles. The molecule has 1 aliphatic rings. The molecule has 4 rings (SSSR count). The number of morpholine rings is 1. The molecule has 0 amide bonds. The number of aromatic nitrogens is 3. The van der Waals surface area contributed by atoms with E-state index in [1.54, 1.807) is 0 Å². The Balaban J connectivity index is 1.37. The molecule has 2 aromatic heterocycles. The Bertz CT molecular complexity index is 992. The molecule has 0 unspecified atom stereocenters. The van der Waals surface area contributed by atoms with E-state index in [1.165, 1.54) is 5.56 Å². The molecule has 1 fully saturated rings. The summed E-state index contributed by atoms with van der Waals surface area (Å²) in [5.74, 6) is 1.66. The second-order valence-electron chi connectivity index (χ2n) is 8.19. The summed E-state index contributed by atoms with van der Waals surface area (Å²) in [6.45, 7) is 5.85. The summed E-state index contributed by atoms with van der Waals surface area (Å²) in [5.41, 5.74) is 4.40. The van der Waals surface area contributed by atoms with Crippen molar-refractivity contribution < 1.29 is 9.47 Å². The van der Waals surface area contributed by atoms with Gasteiger partial charge in [-0.1, -0.05) is 24.3 Å². The van der Waals surface area contributed by atoms with Gasteiger partial charge in [0.15, 0.2) is 0 Å². The zero-order valence-electron chi connectivity index (χ0n) is 19.1. The van der Waals surface area contributed by atoms with Crippen molar-refractivity contribution in [3.8, 4) is 5.75 Å². The maximum atomic E-state index is 6.03. The van der Waals surface area contributed by atoms with Gasteiger partial charge in [-0.2, -0.15) is 0 Å². The van der Waals surface area contributed by atoms with E-state index in [9.17, 15) is 0 Å². The first-order valence-electron chi connectivity index (χ1n) is 11.1. The highest BCUT2D eigenvalue weighted by molar-refractivity contribution is 5.37. The molecule has 0 bridgehead atoms. The highest BCUT2D eigenvalue weighted by Gasteiger charge is 2.23. The quantitative estimate of drug-likeness (QED) is 0.539. The monoisotopic (exact) mass is 433 g/mol. The first-order valence-corrected chi connectivity index (χ1v) is 11.1. The smallest absolute Gasteiger partial charge is 0.224 e. The van der Waals surface area contributed by atoms with Crippen molar-refractivity contribution in [1.29, 1.82) is 0 Å². The van der Waals surface area contributed by atoms with Gasteiger partial charge in [-0.15, -0.1) is 0 Å². The number of benzene rings is 1. The molecule has 0 radical (unpaired) electrons. The Hall–Kier alpha value is -3.03. The molecule has 1 aliphatic heterocycles. The number of para-hydroxylation sites is 1. The van der Waals surface area contributed by atoms with E-state index < -0.39 is 0 Å². The van der Waals surface area contributed by atoms with Gasteiger partial charge in [0.1, 0.15) is 11.9 Å². The second-order valence-corrected chi connectivity index (χ2v) is 8.19. The van der Waals surface area contributed by atoms with Gasteiger partial charge in [0.05, 0.1) is 18.9 Å². The largest absolute Gasteiger partial charge is 0.494 e. The van der Waals surface area contributed by atoms with Crippen LogP contribution in [0.1, 0.15) is 35.4 Å². The first-order chi connectivity index (χ1) is 15.6. The number of hydrogen-bond donors (Lipinski definition) is 0. The summed E-state index contributed by atoms with van der Waals surface area (Å²) >= 11 is 0. The van der Waals surface area contributed by atoms with E-state index in [1.807, 2.05) is 62.7 Å². The molecule has 3 aromatic rings. The Kier molecular flexibility index (Phi) is 7.29. The van der Waals surface area contributed by atoms with Gasteiger partial charge in [-0.05, 0) is 30.2 Å². The minimum absolute atomic E-state index is 0.0320. The third-order valence-electron chi connectivity index (χ3n) is 5.49. The van der Waals surface area contributed by atoms with E-state index >= 15 is 0 Å². The summed E-state index contributed by atoms with van der Waals surface area (Å²) in [6, 6.07) is 12.4. The molecular weight excluding hydrogens is 402 g/mol. The molecule has 7 nitrogen and oxygen atoms in total. The van der Waals surface area contributed by atoms with E-state index in [-0.39, 0.29) is 6.10 Å². The third-order valence-corrected chi connectivity index (χ3v) is 5.49. The fourth-order valence-corrected chi connectivity index (χ4v) is 3.84. The Labute approximate surface area is 190 Å². The maximum absolute atomic E-state index is 6.03. The van der Waals surface area contributed by atoms with Crippen LogP contribution in [0.4, 0.5) is 5.95 Å². The fourth-order valence-electron chi connectivity index (χ4n) is 3.84. The maximum Gasteiger partial charge on any atom is 0.224 e. The molecule has 7 heteroatoms. The lowest BCUT2D eigenvalue weighted by Gasteiger charge is -2.32. The molecular formula is C25H31N5O2. The molecule has 1 aromatic carbocycles. The van der Waals surface area contributed by atoms with Crippen LogP contribution in [0.15, 0.2) is 55.0 Å². The van der Waals surface area contributed by atoms with Crippen molar-refractivity contribution in [2.24, 2.45) is 0 Å². The Morgan fingerprint density at radius 1 is 1.03 bits per heavy atom. The summed E-state index contributed by atoms with van der Waals surface area (Å²) < 4.78 is 11.8. The number of hydrogen-bond acceptors (Lipinski definition) is 7. The zero-order chi connectivity index (χ0) is 22.3. The molecule has 0 aliphatic carbocycles. The van der Waals surface area contributed by atoms with Crippen molar-refractivity contribution in [2.45, 2.75) is 26.0 Å². The Morgan fingerprint density at radius 2 is 1.81 bits per heavy atom. The number of anilines is 1. The van der Waals surface area contributed by atoms with Gasteiger partial charge < -0.3 is 14.4 Å². The van der Waals surface area contributed by atoms with Gasteiger partial charge in [0.2, 0.25) is 5.95 Å². The van der Waals surface area contributed by atoms with Crippen LogP contribution < -0.4 is 9.64 Å². The van der Waals surface area contributed by atoms with E-state index in [0.717, 1.165) is 54.6 Å². The van der Waals surface area contributed by atoms with Crippen molar-refractivity contribution >= 4 is 5.95 Å². The fraction of sp³-hybridized carbons (Fsp3) is 0.400. The van der Waals surface area contributed by atoms with Crippen LogP contribution in [0.5, 0.6) is 5.75 Å². The van der Waals surface area contributed by atoms with Crippen LogP contribution >= 0.6 is 0 Å². The van der Waals surface area contributed by atoms with Gasteiger partial charge in [0.25, 0.3) is 0 Å². The van der Waals surface area contributed by atoms with Crippen LogP contribution in [0.2, 0.25) is 0 Å². The summed E-state index contributed by atoms with van der Waals surface area (Å²) in [6.07, 6.45) is 6.52. The highest BCUT2D eigenvalue weighted by atomic mass is 16.5. The SMILES string of the molecule is CCOc1ccccc1Cc1ccc([C@H]2CN(Cc3cnc(N(C)C)nc3)CCO2)nc1. The van der Waals surface area contributed by atoms with Gasteiger partial charge in [0, 0.05) is 64.3 Å². The second kappa shape index (κ2) is 10.5. The van der Waals surface area contributed by atoms with Crippen LogP contribution in [-0.4, -0.2) is 60.3 Å². The normalized spacial score (nSPS) is 16.7. The third kappa shape index (κ3) is 5.60. The minimum atomic E-state index is -0.0320. The van der Waals surface area contributed by atoms with Crippen molar-refractivity contribution in [3.05, 3.63) is 77.4 Å². The highest BCUT2D eigenvalue weighted by Crippen LogP contribution is 2.24. The van der Waals surface area contributed by atoms with Crippen molar-refractivity contribution in [2.75, 3.05) is 45.3 Å². The predicted molar refractivity (Wildman–Crippen MR) is 125 cm³/mol. The molecule has 3 heterocycles. The summed E-state index contributed by atoms with van der Waals surface area (Å²) in [7, 11) is 3.88. The van der Waals surface area contributed by atoms with Crippen LogP contribution in [0.3, 0.4) is 0 Å². The van der Waals surface area contributed by atoms with E-state index in [2.05, 4.69) is 33.1 Å². The van der Waals surface area contributed by atoms with Crippen LogP contribution in [0, 0.1) is 0 Å². The van der Waals surface area contributed by atoms with Gasteiger partial charge >= 0.3 is 0 Å². The molecule has 32 heavy (non-hydrogen) atoms. The minimum Gasteiger partial charge on any atom is -0.494 e. The average molecular weight is 434 g/mol.